The standard InChI is InChI=1S/C13H16BN3O3/c1-12(2)13(3,4)20-14(19-12)9-6-5-8(7-15)10(17-9)11(16)18/h5-6H,1-4H3,(H2,16,18). The van der Waals surface area contributed by atoms with Crippen molar-refractivity contribution in [2.24, 2.45) is 5.73 Å². The molecule has 1 aromatic heterocycles. The van der Waals surface area contributed by atoms with Crippen molar-refractivity contribution in [2.75, 3.05) is 0 Å². The number of pyridine rings is 1. The number of rotatable bonds is 2. The van der Waals surface area contributed by atoms with E-state index in [0.717, 1.165) is 0 Å². The molecule has 0 bridgehead atoms. The number of primary amides is 1. The average molecular weight is 273 g/mol. The Morgan fingerprint density at radius 3 is 2.30 bits per heavy atom. The highest BCUT2D eigenvalue weighted by molar-refractivity contribution is 6.61. The zero-order valence-corrected chi connectivity index (χ0v) is 11.9. The number of nitriles is 1. The van der Waals surface area contributed by atoms with Crippen LogP contribution in [0.25, 0.3) is 0 Å². The zero-order valence-electron chi connectivity index (χ0n) is 11.9. The predicted octanol–water partition coefficient (Wildman–Crippen LogP) is 0.351. The van der Waals surface area contributed by atoms with Crippen LogP contribution < -0.4 is 11.3 Å². The molecule has 2 N–H and O–H groups in total. The van der Waals surface area contributed by atoms with Crippen LogP contribution >= 0.6 is 0 Å². The fourth-order valence-electron chi connectivity index (χ4n) is 1.85. The topological polar surface area (TPSA) is 98.2 Å². The lowest BCUT2D eigenvalue weighted by Gasteiger charge is -2.32. The van der Waals surface area contributed by atoms with E-state index in [1.807, 2.05) is 33.8 Å². The molecule has 2 heterocycles. The van der Waals surface area contributed by atoms with Crippen molar-refractivity contribution in [1.82, 2.24) is 4.98 Å². The highest BCUT2D eigenvalue weighted by Crippen LogP contribution is 2.36. The fourth-order valence-corrected chi connectivity index (χ4v) is 1.85. The van der Waals surface area contributed by atoms with Gasteiger partial charge in [0.05, 0.1) is 22.4 Å². The Labute approximate surface area is 118 Å². The third kappa shape index (κ3) is 2.28. The van der Waals surface area contributed by atoms with Gasteiger partial charge >= 0.3 is 7.12 Å². The Morgan fingerprint density at radius 1 is 1.30 bits per heavy atom. The van der Waals surface area contributed by atoms with E-state index < -0.39 is 24.2 Å². The summed E-state index contributed by atoms with van der Waals surface area (Å²) in [5.74, 6) is -0.750. The highest BCUT2D eigenvalue weighted by Gasteiger charge is 2.52. The maximum absolute atomic E-state index is 11.3. The summed E-state index contributed by atoms with van der Waals surface area (Å²) >= 11 is 0. The first-order valence-electron chi connectivity index (χ1n) is 6.24. The monoisotopic (exact) mass is 273 g/mol. The van der Waals surface area contributed by atoms with E-state index in [9.17, 15) is 4.79 Å². The molecule has 0 unspecified atom stereocenters. The quantitative estimate of drug-likeness (QED) is 0.784. The van der Waals surface area contributed by atoms with Crippen LogP contribution in [0.5, 0.6) is 0 Å². The lowest BCUT2D eigenvalue weighted by Crippen LogP contribution is -2.41. The van der Waals surface area contributed by atoms with Crippen molar-refractivity contribution in [3.63, 3.8) is 0 Å². The fraction of sp³-hybridized carbons (Fsp3) is 0.462. The largest absolute Gasteiger partial charge is 0.514 e. The van der Waals surface area contributed by atoms with Crippen molar-refractivity contribution < 1.29 is 14.1 Å². The molecule has 0 aromatic carbocycles. The lowest BCUT2D eigenvalue weighted by atomic mass is 9.83. The number of hydrogen-bond donors (Lipinski definition) is 1. The molecule has 1 amide bonds. The first kappa shape index (κ1) is 14.5. The number of hydrogen-bond acceptors (Lipinski definition) is 5. The van der Waals surface area contributed by atoms with E-state index in [0.29, 0.717) is 5.59 Å². The second-order valence-corrected chi connectivity index (χ2v) is 5.70. The van der Waals surface area contributed by atoms with E-state index in [2.05, 4.69) is 4.98 Å². The molecule has 20 heavy (non-hydrogen) atoms. The molecular formula is C13H16BN3O3. The molecule has 0 aliphatic carbocycles. The first-order chi connectivity index (χ1) is 9.18. The van der Waals surface area contributed by atoms with E-state index in [4.69, 9.17) is 20.3 Å². The number of carbonyl (C=O) groups is 1. The molecule has 1 aliphatic heterocycles. The van der Waals surface area contributed by atoms with Gasteiger partial charge in [0.2, 0.25) is 0 Å². The Hall–Kier alpha value is -1.91. The molecule has 0 atom stereocenters. The van der Waals surface area contributed by atoms with Gasteiger partial charge in [-0.2, -0.15) is 5.26 Å². The molecule has 0 spiro atoms. The maximum Gasteiger partial charge on any atom is 0.514 e. The van der Waals surface area contributed by atoms with Crippen LogP contribution in [-0.2, 0) is 9.31 Å². The van der Waals surface area contributed by atoms with Gasteiger partial charge in [-0.05, 0) is 39.8 Å². The molecule has 1 aliphatic rings. The average Bonchev–Trinajstić information content (AvgIpc) is 2.57. The number of nitrogens with zero attached hydrogens (tertiary/aromatic N) is 2. The SMILES string of the molecule is CC1(C)OB(c2ccc(C#N)c(C(N)=O)n2)OC1(C)C. The molecule has 1 aromatic rings. The van der Waals surface area contributed by atoms with Crippen LogP contribution in [0.1, 0.15) is 43.7 Å². The normalized spacial score (nSPS) is 19.6. The first-order valence-corrected chi connectivity index (χ1v) is 6.24. The molecule has 7 heteroatoms. The highest BCUT2D eigenvalue weighted by atomic mass is 16.7. The third-order valence-electron chi connectivity index (χ3n) is 3.77. The van der Waals surface area contributed by atoms with Gasteiger partial charge in [0.1, 0.15) is 11.8 Å². The van der Waals surface area contributed by atoms with Gasteiger partial charge in [0.25, 0.3) is 5.91 Å². The van der Waals surface area contributed by atoms with Gasteiger partial charge in [-0.1, -0.05) is 0 Å². The summed E-state index contributed by atoms with van der Waals surface area (Å²) < 4.78 is 11.7. The van der Waals surface area contributed by atoms with Crippen molar-refractivity contribution in [2.45, 2.75) is 38.9 Å². The van der Waals surface area contributed by atoms with E-state index in [1.165, 1.54) is 6.07 Å². The van der Waals surface area contributed by atoms with Gasteiger partial charge in [0.15, 0.2) is 0 Å². The smallest absolute Gasteiger partial charge is 0.398 e. The minimum Gasteiger partial charge on any atom is -0.398 e. The summed E-state index contributed by atoms with van der Waals surface area (Å²) in [5.41, 5.74) is 4.72. The Balaban J connectivity index is 2.39. The Kier molecular flexibility index (Phi) is 3.32. The molecular weight excluding hydrogens is 257 g/mol. The molecule has 0 saturated carbocycles. The van der Waals surface area contributed by atoms with Crippen LogP contribution in [0.4, 0.5) is 0 Å². The van der Waals surface area contributed by atoms with Crippen LogP contribution in [0.2, 0.25) is 0 Å². The summed E-state index contributed by atoms with van der Waals surface area (Å²) in [6.45, 7) is 7.69. The van der Waals surface area contributed by atoms with Gasteiger partial charge in [0, 0.05) is 0 Å². The summed E-state index contributed by atoms with van der Waals surface area (Å²) in [7, 11) is -0.689. The Morgan fingerprint density at radius 2 is 1.85 bits per heavy atom. The third-order valence-corrected chi connectivity index (χ3v) is 3.77. The van der Waals surface area contributed by atoms with Gasteiger partial charge < -0.3 is 15.0 Å². The van der Waals surface area contributed by atoms with Crippen molar-refractivity contribution in [3.05, 3.63) is 23.4 Å². The number of aromatic nitrogens is 1. The van der Waals surface area contributed by atoms with Crippen molar-refractivity contribution in [3.8, 4) is 6.07 Å². The van der Waals surface area contributed by atoms with Crippen molar-refractivity contribution >= 4 is 18.6 Å². The summed E-state index contributed by atoms with van der Waals surface area (Å²) in [6, 6.07) is 4.98. The number of carbonyl (C=O) groups excluding carboxylic acids is 1. The maximum atomic E-state index is 11.3. The van der Waals surface area contributed by atoms with Crippen LogP contribution in [0, 0.1) is 11.3 Å². The zero-order chi connectivity index (χ0) is 15.1. The minimum absolute atomic E-state index is 0.0697. The molecule has 6 nitrogen and oxygen atoms in total. The second kappa shape index (κ2) is 4.58. The number of amides is 1. The molecule has 1 fully saturated rings. The number of nitrogens with two attached hydrogens (primary N) is 1. The van der Waals surface area contributed by atoms with Gasteiger partial charge in [-0.15, -0.1) is 0 Å². The van der Waals surface area contributed by atoms with Gasteiger partial charge in [-0.25, -0.2) is 0 Å². The van der Waals surface area contributed by atoms with Crippen LogP contribution in [-0.4, -0.2) is 29.2 Å². The molecule has 0 radical (unpaired) electrons. The minimum atomic E-state index is -0.750. The molecule has 2 rings (SSSR count). The van der Waals surface area contributed by atoms with Crippen LogP contribution in [0.3, 0.4) is 0 Å². The summed E-state index contributed by atoms with van der Waals surface area (Å²) in [4.78, 5) is 15.4. The molecule has 104 valence electrons. The lowest BCUT2D eigenvalue weighted by molar-refractivity contribution is 0.00578. The summed E-state index contributed by atoms with van der Waals surface area (Å²) in [6.07, 6.45) is 0. The van der Waals surface area contributed by atoms with E-state index in [-0.39, 0.29) is 11.3 Å². The van der Waals surface area contributed by atoms with Crippen molar-refractivity contribution in [1.29, 1.82) is 5.26 Å². The van der Waals surface area contributed by atoms with Crippen LogP contribution in [0.15, 0.2) is 12.1 Å². The second-order valence-electron chi connectivity index (χ2n) is 5.70. The van der Waals surface area contributed by atoms with E-state index >= 15 is 0 Å². The van der Waals surface area contributed by atoms with Gasteiger partial charge in [-0.3, -0.25) is 9.78 Å². The summed E-state index contributed by atoms with van der Waals surface area (Å²) in [5, 5.41) is 8.93. The predicted molar refractivity (Wildman–Crippen MR) is 73.2 cm³/mol. The van der Waals surface area contributed by atoms with E-state index in [1.54, 1.807) is 6.07 Å². The Bertz CT molecular complexity index is 591. The molecule has 1 saturated heterocycles.